The molecule has 6 amide bonds. The van der Waals surface area contributed by atoms with Crippen molar-refractivity contribution in [2.24, 2.45) is 71.0 Å². The number of hydrogen-bond acceptors (Lipinski definition) is 12. The van der Waals surface area contributed by atoms with Crippen molar-refractivity contribution in [3.8, 4) is 23.0 Å². The fourth-order valence-corrected chi connectivity index (χ4v) is 13.9. The first-order valence-electron chi connectivity index (χ1n) is 24.4. The molecule has 4 aromatic rings. The van der Waals surface area contributed by atoms with Crippen LogP contribution in [0.25, 0.3) is 0 Å². The summed E-state index contributed by atoms with van der Waals surface area (Å²) in [6, 6.07) is 28.0. The van der Waals surface area contributed by atoms with Crippen LogP contribution in [0.2, 0.25) is 0 Å². The number of nitrogens with two attached hydrogens (primary N) is 1. The molecule has 12 atom stereocenters. The van der Waals surface area contributed by atoms with Gasteiger partial charge in [-0.15, -0.1) is 0 Å². The summed E-state index contributed by atoms with van der Waals surface area (Å²) in [6.07, 6.45) is 8.16. The Balaban J connectivity index is 0.732. The first kappa shape index (κ1) is 44.5. The molecule has 2 N–H and O–H groups in total. The molecule has 4 bridgehead atoms. The van der Waals surface area contributed by atoms with Gasteiger partial charge in [0.05, 0.1) is 64.1 Å². The van der Waals surface area contributed by atoms with E-state index in [0.717, 1.165) is 11.1 Å². The molecular weight excluding hydrogens is 905 g/mol. The van der Waals surface area contributed by atoms with Crippen molar-refractivity contribution in [2.75, 3.05) is 10.6 Å². The molecule has 14 rings (SSSR count). The number of amides is 6. The summed E-state index contributed by atoms with van der Waals surface area (Å²) in [7, 11) is 0. The molecule has 10 aliphatic rings. The first-order valence-corrected chi connectivity index (χ1v) is 24.4. The van der Waals surface area contributed by atoms with Gasteiger partial charge in [-0.05, 0) is 111 Å². The molecule has 360 valence electrons. The molecule has 0 radical (unpaired) electrons. The Morgan fingerprint density at radius 1 is 0.451 bits per heavy atom. The third kappa shape index (κ3) is 6.13. The zero-order valence-electron chi connectivity index (χ0n) is 39.3. The maximum atomic E-state index is 14.5. The minimum atomic E-state index is -1.04. The van der Waals surface area contributed by atoms with Gasteiger partial charge in [0.1, 0.15) is 23.0 Å². The molecule has 0 spiro atoms. The smallest absolute Gasteiger partial charge is 0.318 e. The first-order chi connectivity index (χ1) is 34.1. The highest BCUT2D eigenvalue weighted by molar-refractivity contribution is 6.23. The minimum Gasteiger partial charge on any atom is -0.457 e. The Morgan fingerprint density at radius 3 is 1.20 bits per heavy atom. The Labute approximate surface area is 408 Å². The van der Waals surface area contributed by atoms with E-state index in [1.165, 1.54) is 14.7 Å². The van der Waals surface area contributed by atoms with Gasteiger partial charge in [-0.3, -0.25) is 53.1 Å². The molecule has 15 heteroatoms. The number of hydrogen-bond donors (Lipinski definition) is 1. The molecule has 4 heterocycles. The molecule has 4 aromatic carbocycles. The lowest BCUT2D eigenvalue weighted by Crippen LogP contribution is -2.50. The Hall–Kier alpha value is -7.68. The second-order valence-electron chi connectivity index (χ2n) is 20.7. The SMILES string of the molecule is CCC(CC)(c1ccc(Oc2ccc(N3C(=O)C4C5C=CC(C4C3=O)C3C(=O)N(C(C)(C)c4ccc(Oc6ccc(N)cc6)cc4)C(=O)C53)cc2)cc1)N1C(=O)C2C3C=CC(C4C(=O)OC(=O)C34)C2C1=O. The summed E-state index contributed by atoms with van der Waals surface area (Å²) in [6.45, 7) is 7.49. The maximum Gasteiger partial charge on any atom is 0.318 e. The van der Waals surface area contributed by atoms with E-state index in [1.807, 2.05) is 76.3 Å². The summed E-state index contributed by atoms with van der Waals surface area (Å²) in [5.74, 6) is -10.1. The normalized spacial score (nSPS) is 31.1. The lowest BCUT2D eigenvalue weighted by molar-refractivity contribution is -0.154. The topological polar surface area (TPSA) is 200 Å². The summed E-state index contributed by atoms with van der Waals surface area (Å²) in [5.41, 5.74) is 6.17. The van der Waals surface area contributed by atoms with E-state index in [1.54, 1.807) is 72.8 Å². The number of rotatable bonds is 11. The van der Waals surface area contributed by atoms with Crippen LogP contribution in [-0.4, -0.2) is 57.2 Å². The van der Waals surface area contributed by atoms with Crippen LogP contribution in [0, 0.1) is 71.0 Å². The fourth-order valence-electron chi connectivity index (χ4n) is 13.9. The van der Waals surface area contributed by atoms with Gasteiger partial charge in [0.25, 0.3) is 0 Å². The van der Waals surface area contributed by atoms with Gasteiger partial charge in [-0.25, -0.2) is 0 Å². The molecule has 6 aliphatic carbocycles. The van der Waals surface area contributed by atoms with E-state index in [9.17, 15) is 38.4 Å². The van der Waals surface area contributed by atoms with Crippen LogP contribution >= 0.6 is 0 Å². The molecule has 4 aliphatic heterocycles. The predicted octanol–water partition coefficient (Wildman–Crippen LogP) is 7.06. The van der Waals surface area contributed by atoms with E-state index in [2.05, 4.69) is 0 Å². The Morgan fingerprint density at radius 2 is 0.789 bits per heavy atom. The number of allylic oxidation sites excluding steroid dienone is 4. The second-order valence-corrected chi connectivity index (χ2v) is 20.7. The van der Waals surface area contributed by atoms with Crippen molar-refractivity contribution in [3.05, 3.63) is 132 Å². The number of cyclic esters (lactones) is 2. The van der Waals surface area contributed by atoms with Crippen molar-refractivity contribution < 1.29 is 52.6 Å². The van der Waals surface area contributed by atoms with Crippen LogP contribution in [0.4, 0.5) is 11.4 Å². The van der Waals surface area contributed by atoms with Crippen LogP contribution in [0.5, 0.6) is 23.0 Å². The average Bonchev–Trinajstić information content (AvgIpc) is 4.04. The number of imide groups is 3. The number of esters is 2. The zero-order valence-corrected chi connectivity index (χ0v) is 39.3. The summed E-state index contributed by atoms with van der Waals surface area (Å²) >= 11 is 0. The lowest BCUT2D eigenvalue weighted by Gasteiger charge is -2.44. The van der Waals surface area contributed by atoms with Crippen molar-refractivity contribution in [2.45, 2.75) is 51.6 Å². The molecule has 15 nitrogen and oxygen atoms in total. The Bertz CT molecular complexity index is 2970. The summed E-state index contributed by atoms with van der Waals surface area (Å²) in [4.78, 5) is 116. The molecule has 71 heavy (non-hydrogen) atoms. The van der Waals surface area contributed by atoms with E-state index in [4.69, 9.17) is 19.9 Å². The standard InChI is InChI=1S/C56H50N4O11/c1-5-56(6-2,60-51(65)43-37-25-26-38(44(43)52(60)66)46-45(37)53(67)71-54(46)68)28-9-17-32(18-10-28)70-34-21-13-30(14-22-34)58-47(61)39-35-23-24-36(40(39)48(58)62)42-41(35)49(63)59(50(42)64)55(3,4)27-7-15-31(16-8-27)69-33-19-11-29(57)12-20-33/h7-26,35-46H,5-6,57H2,1-4H3. The van der Waals surface area contributed by atoms with Crippen molar-refractivity contribution in [1.82, 2.24) is 9.80 Å². The van der Waals surface area contributed by atoms with E-state index in [0.29, 0.717) is 47.2 Å². The molecule has 4 saturated heterocycles. The molecule has 2 saturated carbocycles. The van der Waals surface area contributed by atoms with E-state index >= 15 is 0 Å². The number of nitrogens with zero attached hydrogens (tertiary/aromatic N) is 3. The lowest BCUT2D eigenvalue weighted by atomic mass is 9.54. The quantitative estimate of drug-likeness (QED) is 0.0529. The number of benzene rings is 4. The average molecular weight is 955 g/mol. The van der Waals surface area contributed by atoms with Gasteiger partial charge in [0.2, 0.25) is 35.4 Å². The minimum absolute atomic E-state index is 0.343. The number of nitrogen functional groups attached to an aromatic ring is 1. The van der Waals surface area contributed by atoms with Gasteiger partial charge in [0, 0.05) is 29.4 Å². The number of likely N-dealkylation sites (tertiary alicyclic amines) is 2. The monoisotopic (exact) mass is 954 g/mol. The van der Waals surface area contributed by atoms with Crippen LogP contribution in [0.1, 0.15) is 51.7 Å². The van der Waals surface area contributed by atoms with Crippen LogP contribution in [0.3, 0.4) is 0 Å². The second kappa shape index (κ2) is 15.7. The molecule has 6 fully saturated rings. The van der Waals surface area contributed by atoms with Crippen LogP contribution in [0.15, 0.2) is 121 Å². The highest BCUT2D eigenvalue weighted by atomic mass is 16.6. The highest BCUT2D eigenvalue weighted by Gasteiger charge is 2.71. The molecule has 0 aromatic heterocycles. The van der Waals surface area contributed by atoms with Gasteiger partial charge < -0.3 is 19.9 Å². The number of carbonyl (C=O) groups is 8. The van der Waals surface area contributed by atoms with Crippen molar-refractivity contribution >= 4 is 58.8 Å². The van der Waals surface area contributed by atoms with E-state index < -0.39 is 106 Å². The predicted molar refractivity (Wildman–Crippen MR) is 253 cm³/mol. The highest BCUT2D eigenvalue weighted by Crippen LogP contribution is 2.61. The van der Waals surface area contributed by atoms with E-state index in [-0.39, 0.29) is 23.6 Å². The molecular formula is C56H50N4O11. The van der Waals surface area contributed by atoms with Gasteiger partial charge in [0.15, 0.2) is 0 Å². The number of carbonyl (C=O) groups excluding carboxylic acids is 8. The summed E-state index contributed by atoms with van der Waals surface area (Å²) < 4.78 is 17.2. The maximum absolute atomic E-state index is 14.5. The van der Waals surface area contributed by atoms with Crippen molar-refractivity contribution in [1.29, 1.82) is 0 Å². The van der Waals surface area contributed by atoms with Crippen LogP contribution < -0.4 is 20.1 Å². The summed E-state index contributed by atoms with van der Waals surface area (Å²) in [5, 5.41) is 0. The largest absolute Gasteiger partial charge is 0.457 e. The third-order valence-electron chi connectivity index (χ3n) is 17.3. The number of ether oxygens (including phenoxy) is 3. The number of anilines is 2. The van der Waals surface area contributed by atoms with Gasteiger partial charge in [-0.2, -0.15) is 0 Å². The van der Waals surface area contributed by atoms with Gasteiger partial charge >= 0.3 is 11.9 Å². The van der Waals surface area contributed by atoms with Crippen LogP contribution in [-0.2, 0) is 54.2 Å². The van der Waals surface area contributed by atoms with Gasteiger partial charge in [-0.1, -0.05) is 62.4 Å². The zero-order chi connectivity index (χ0) is 49.6. The van der Waals surface area contributed by atoms with Crippen molar-refractivity contribution in [3.63, 3.8) is 0 Å². The molecule has 12 unspecified atom stereocenters. The fraction of sp³-hybridized carbons (Fsp3) is 0.357. The Kier molecular flexibility index (Phi) is 9.82. The third-order valence-corrected chi connectivity index (χ3v) is 17.3.